The Morgan fingerprint density at radius 2 is 2.27 bits per heavy atom. The number of amides is 2. The molecule has 0 fully saturated rings. The molecule has 1 rings (SSSR count). The zero-order valence-corrected chi connectivity index (χ0v) is 8.72. The Morgan fingerprint density at radius 1 is 1.53 bits per heavy atom. The van der Waals surface area contributed by atoms with Crippen LogP contribution in [-0.4, -0.2) is 32.7 Å². The number of hydrogen-bond acceptors (Lipinski definition) is 6. The molecular weight excluding hydrogens is 220 g/mol. The molecule has 0 aliphatic carbocycles. The largest absolute Gasteiger partial charge is 0.368 e. The van der Waals surface area contributed by atoms with Gasteiger partial charge < -0.3 is 5.73 Å². The highest BCUT2D eigenvalue weighted by atomic mass is 32.2. The summed E-state index contributed by atoms with van der Waals surface area (Å²) in [6, 6.07) is 0. The van der Waals surface area contributed by atoms with Gasteiger partial charge in [0.15, 0.2) is 0 Å². The van der Waals surface area contributed by atoms with Crippen molar-refractivity contribution in [2.24, 2.45) is 0 Å². The van der Waals surface area contributed by atoms with Crippen molar-refractivity contribution >= 4 is 29.5 Å². The van der Waals surface area contributed by atoms with E-state index in [1.165, 1.54) is 6.92 Å². The SMILES string of the molecule is CC(=O)NNC(=O)CSc1n[nH]c(N)n1. The van der Waals surface area contributed by atoms with Crippen molar-refractivity contribution in [1.82, 2.24) is 26.0 Å². The summed E-state index contributed by atoms with van der Waals surface area (Å²) in [5, 5.41) is 6.53. The van der Waals surface area contributed by atoms with Gasteiger partial charge in [-0.1, -0.05) is 11.8 Å². The monoisotopic (exact) mass is 230 g/mol. The molecule has 0 atom stereocenters. The van der Waals surface area contributed by atoms with E-state index >= 15 is 0 Å². The molecule has 1 aromatic rings. The highest BCUT2D eigenvalue weighted by Gasteiger charge is 2.06. The molecule has 9 heteroatoms. The number of H-pyrrole nitrogens is 1. The van der Waals surface area contributed by atoms with Crippen molar-refractivity contribution in [3.63, 3.8) is 0 Å². The summed E-state index contributed by atoms with van der Waals surface area (Å²) in [7, 11) is 0. The van der Waals surface area contributed by atoms with Gasteiger partial charge in [-0.15, -0.1) is 5.10 Å². The number of aromatic amines is 1. The van der Waals surface area contributed by atoms with Crippen molar-refractivity contribution < 1.29 is 9.59 Å². The van der Waals surface area contributed by atoms with Crippen LogP contribution in [0.2, 0.25) is 0 Å². The van der Waals surface area contributed by atoms with Crippen LogP contribution in [0.3, 0.4) is 0 Å². The maximum Gasteiger partial charge on any atom is 0.248 e. The molecule has 0 bridgehead atoms. The normalized spacial score (nSPS) is 9.67. The lowest BCUT2D eigenvalue weighted by molar-refractivity contribution is -0.126. The van der Waals surface area contributed by atoms with Crippen LogP contribution in [0.4, 0.5) is 5.95 Å². The lowest BCUT2D eigenvalue weighted by Gasteiger charge is -2.02. The predicted octanol–water partition coefficient (Wildman–Crippen LogP) is -1.35. The van der Waals surface area contributed by atoms with Crippen LogP contribution in [0.25, 0.3) is 0 Å². The molecule has 0 spiro atoms. The standard InChI is InChI=1S/C6H10N6O2S/c1-3(13)9-10-4(14)2-15-6-8-5(7)11-12-6/h2H2,1H3,(H,9,13)(H,10,14)(H3,7,8,11,12). The first-order valence-corrected chi connectivity index (χ1v) is 4.92. The van der Waals surface area contributed by atoms with Crippen LogP contribution in [0.1, 0.15) is 6.92 Å². The average molecular weight is 230 g/mol. The van der Waals surface area contributed by atoms with E-state index in [0.29, 0.717) is 5.16 Å². The second-order valence-corrected chi connectivity index (χ2v) is 3.46. The van der Waals surface area contributed by atoms with E-state index < -0.39 is 0 Å². The minimum absolute atomic E-state index is 0.0948. The summed E-state index contributed by atoms with van der Waals surface area (Å²) in [6.07, 6.45) is 0. The fourth-order valence-corrected chi connectivity index (χ4v) is 1.25. The quantitative estimate of drug-likeness (QED) is 0.375. The molecule has 0 saturated heterocycles. The summed E-state index contributed by atoms with van der Waals surface area (Å²) in [5.74, 6) is -0.397. The lowest BCUT2D eigenvalue weighted by atomic mass is 10.7. The lowest BCUT2D eigenvalue weighted by Crippen LogP contribution is -2.41. The molecule has 5 N–H and O–H groups in total. The summed E-state index contributed by atoms with van der Waals surface area (Å²) < 4.78 is 0. The smallest absolute Gasteiger partial charge is 0.248 e. The molecule has 0 saturated carbocycles. The number of nitrogens with two attached hydrogens (primary N) is 1. The highest BCUT2D eigenvalue weighted by molar-refractivity contribution is 7.99. The van der Waals surface area contributed by atoms with E-state index in [2.05, 4.69) is 26.0 Å². The number of nitrogens with zero attached hydrogens (tertiary/aromatic N) is 2. The number of nitrogens with one attached hydrogen (secondary N) is 3. The van der Waals surface area contributed by atoms with Gasteiger partial charge in [0, 0.05) is 6.92 Å². The Hall–Kier alpha value is -1.77. The van der Waals surface area contributed by atoms with Crippen LogP contribution in [0.15, 0.2) is 5.16 Å². The molecule has 0 unspecified atom stereocenters. The molecule has 0 aliphatic rings. The molecular formula is C6H10N6O2S. The van der Waals surface area contributed by atoms with Crippen molar-refractivity contribution in [1.29, 1.82) is 0 Å². The van der Waals surface area contributed by atoms with Crippen LogP contribution < -0.4 is 16.6 Å². The summed E-state index contributed by atoms with van der Waals surface area (Å²) in [4.78, 5) is 25.3. The zero-order chi connectivity index (χ0) is 11.3. The minimum Gasteiger partial charge on any atom is -0.368 e. The number of nitrogen functional groups attached to an aromatic ring is 1. The Kier molecular flexibility index (Phi) is 3.92. The van der Waals surface area contributed by atoms with Gasteiger partial charge in [-0.2, -0.15) is 4.98 Å². The molecule has 0 aliphatic heterocycles. The van der Waals surface area contributed by atoms with Crippen molar-refractivity contribution in [2.75, 3.05) is 11.5 Å². The highest BCUT2D eigenvalue weighted by Crippen LogP contribution is 2.11. The van der Waals surface area contributed by atoms with Gasteiger partial charge >= 0.3 is 0 Å². The molecule has 15 heavy (non-hydrogen) atoms. The number of carbonyl (C=O) groups is 2. The number of rotatable bonds is 3. The fraction of sp³-hybridized carbons (Fsp3) is 0.333. The third-order valence-electron chi connectivity index (χ3n) is 1.19. The first-order valence-electron chi connectivity index (χ1n) is 3.94. The number of anilines is 1. The molecule has 1 heterocycles. The number of thioether (sulfide) groups is 1. The maximum atomic E-state index is 11.1. The van der Waals surface area contributed by atoms with E-state index in [-0.39, 0.29) is 23.5 Å². The van der Waals surface area contributed by atoms with Crippen molar-refractivity contribution in [3.05, 3.63) is 0 Å². The molecule has 82 valence electrons. The third-order valence-corrected chi connectivity index (χ3v) is 2.04. The molecule has 1 aromatic heterocycles. The summed E-state index contributed by atoms with van der Waals surface area (Å²) in [5.41, 5.74) is 9.65. The van der Waals surface area contributed by atoms with Gasteiger partial charge in [-0.3, -0.25) is 20.4 Å². The topological polar surface area (TPSA) is 126 Å². The van der Waals surface area contributed by atoms with Crippen LogP contribution in [-0.2, 0) is 9.59 Å². The number of carbonyl (C=O) groups excluding carboxylic acids is 2. The Morgan fingerprint density at radius 3 is 2.80 bits per heavy atom. The minimum atomic E-state index is -0.349. The van der Waals surface area contributed by atoms with Gasteiger partial charge in [-0.25, -0.2) is 5.10 Å². The van der Waals surface area contributed by atoms with Gasteiger partial charge in [0.25, 0.3) is 0 Å². The summed E-state index contributed by atoms with van der Waals surface area (Å²) in [6.45, 7) is 1.30. The van der Waals surface area contributed by atoms with Crippen molar-refractivity contribution in [2.45, 2.75) is 12.1 Å². The first-order chi connectivity index (χ1) is 7.08. The van der Waals surface area contributed by atoms with E-state index in [0.717, 1.165) is 11.8 Å². The summed E-state index contributed by atoms with van der Waals surface area (Å²) >= 11 is 1.10. The van der Waals surface area contributed by atoms with E-state index in [1.54, 1.807) is 0 Å². The van der Waals surface area contributed by atoms with Crippen LogP contribution in [0.5, 0.6) is 0 Å². The Bertz CT molecular complexity index is 364. The molecule has 2 amide bonds. The van der Waals surface area contributed by atoms with Crippen molar-refractivity contribution in [3.8, 4) is 0 Å². The van der Waals surface area contributed by atoms with E-state index in [1.807, 2.05) is 0 Å². The average Bonchev–Trinajstić information content (AvgIpc) is 2.58. The van der Waals surface area contributed by atoms with Gasteiger partial charge in [-0.05, 0) is 0 Å². The molecule has 0 radical (unpaired) electrons. The first kappa shape index (κ1) is 11.3. The van der Waals surface area contributed by atoms with Crippen LogP contribution >= 0.6 is 11.8 Å². The van der Waals surface area contributed by atoms with Gasteiger partial charge in [0.05, 0.1) is 5.75 Å². The number of aromatic nitrogens is 3. The number of hydrogen-bond donors (Lipinski definition) is 4. The Balaban J connectivity index is 2.25. The zero-order valence-electron chi connectivity index (χ0n) is 7.90. The van der Waals surface area contributed by atoms with E-state index in [9.17, 15) is 9.59 Å². The maximum absolute atomic E-state index is 11.1. The predicted molar refractivity (Wildman–Crippen MR) is 53.5 cm³/mol. The second kappa shape index (κ2) is 5.20. The van der Waals surface area contributed by atoms with Gasteiger partial charge in [0.2, 0.25) is 22.9 Å². The fourth-order valence-electron chi connectivity index (χ4n) is 0.647. The van der Waals surface area contributed by atoms with Crippen LogP contribution in [0, 0.1) is 0 Å². The molecule has 8 nitrogen and oxygen atoms in total. The molecule has 0 aromatic carbocycles. The second-order valence-electron chi connectivity index (χ2n) is 2.52. The number of hydrazine groups is 1. The Labute approximate surface area is 89.4 Å². The third kappa shape index (κ3) is 4.31. The van der Waals surface area contributed by atoms with E-state index in [4.69, 9.17) is 5.73 Å². The van der Waals surface area contributed by atoms with Gasteiger partial charge in [0.1, 0.15) is 0 Å².